The lowest BCUT2D eigenvalue weighted by Gasteiger charge is -2.18. The number of carbonyl (C=O) groups excluding carboxylic acids is 1. The fraction of sp³-hybridized carbons (Fsp3) is 0.241. The maximum Gasteiger partial charge on any atom is 0.379 e. The van der Waals surface area contributed by atoms with Gasteiger partial charge in [-0.15, -0.1) is 0 Å². The van der Waals surface area contributed by atoms with Crippen LogP contribution in [0.1, 0.15) is 41.1 Å². The third kappa shape index (κ3) is 5.34. The average molecular weight is 536 g/mol. The predicted octanol–water partition coefficient (Wildman–Crippen LogP) is 5.63. The summed E-state index contributed by atoms with van der Waals surface area (Å²) in [5.74, 6) is -1.66. The fourth-order valence-corrected chi connectivity index (χ4v) is 5.66. The van der Waals surface area contributed by atoms with E-state index in [1.165, 1.54) is 12.1 Å². The van der Waals surface area contributed by atoms with Crippen molar-refractivity contribution in [2.24, 2.45) is 5.92 Å². The second kappa shape index (κ2) is 10.4. The van der Waals surface area contributed by atoms with Crippen LogP contribution < -0.4 is 9.46 Å². The van der Waals surface area contributed by atoms with Gasteiger partial charge in [0, 0.05) is 10.9 Å². The second-order valence-electron chi connectivity index (χ2n) is 9.59. The molecule has 8 nitrogen and oxygen atoms in total. The van der Waals surface area contributed by atoms with Crippen molar-refractivity contribution in [1.29, 1.82) is 0 Å². The van der Waals surface area contributed by atoms with Crippen molar-refractivity contribution in [3.8, 4) is 16.9 Å². The Kier molecular flexibility index (Phi) is 7.44. The van der Waals surface area contributed by atoms with Crippen LogP contribution in [0.3, 0.4) is 0 Å². The molecular formula is C29H29NO7S. The Hall–Kier alpha value is -3.95. The fourth-order valence-electron chi connectivity index (χ4n) is 4.32. The summed E-state index contributed by atoms with van der Waals surface area (Å²) >= 11 is 0. The molecule has 4 rings (SSSR count). The lowest BCUT2D eigenvalue weighted by Crippen LogP contribution is -2.44. The van der Waals surface area contributed by atoms with Crippen LogP contribution in [0.15, 0.2) is 70.0 Å². The first-order valence-electron chi connectivity index (χ1n) is 12.1. The van der Waals surface area contributed by atoms with Crippen LogP contribution in [0.4, 0.5) is 0 Å². The van der Waals surface area contributed by atoms with E-state index in [0.29, 0.717) is 16.9 Å². The number of aryl methyl sites for hydroxylation is 3. The molecule has 0 amide bonds. The number of nitrogens with one attached hydrogen (secondary N) is 1. The molecular weight excluding hydrogens is 506 g/mol. The molecule has 9 heteroatoms. The zero-order chi connectivity index (χ0) is 27.8. The Balaban J connectivity index is 1.56. The summed E-state index contributed by atoms with van der Waals surface area (Å²) in [5, 5.41) is 10.2. The first-order valence-corrected chi connectivity index (χ1v) is 13.5. The number of hydrogen-bond acceptors (Lipinski definition) is 6. The quantitative estimate of drug-likeness (QED) is 0.221. The molecule has 1 atom stereocenters. The Morgan fingerprint density at radius 1 is 0.921 bits per heavy atom. The molecule has 0 fully saturated rings. The highest BCUT2D eigenvalue weighted by atomic mass is 32.2. The van der Waals surface area contributed by atoms with Gasteiger partial charge in [-0.25, -0.2) is 13.2 Å². The first kappa shape index (κ1) is 27.1. The van der Waals surface area contributed by atoms with E-state index in [1.54, 1.807) is 32.0 Å². The number of aliphatic carboxylic acids is 1. The summed E-state index contributed by atoms with van der Waals surface area (Å²) < 4.78 is 39.2. The lowest BCUT2D eigenvalue weighted by molar-refractivity contribution is -0.140. The molecule has 1 heterocycles. The minimum atomic E-state index is -4.02. The number of carbonyl (C=O) groups is 2. The normalized spacial score (nSPS) is 12.6. The second-order valence-corrected chi connectivity index (χ2v) is 11.3. The van der Waals surface area contributed by atoms with Gasteiger partial charge in [-0.2, -0.15) is 4.72 Å². The van der Waals surface area contributed by atoms with Gasteiger partial charge in [-0.3, -0.25) is 4.79 Å². The third-order valence-corrected chi connectivity index (χ3v) is 7.85. The Morgan fingerprint density at radius 2 is 1.53 bits per heavy atom. The summed E-state index contributed by atoms with van der Waals surface area (Å²) in [6, 6.07) is 16.0. The van der Waals surface area contributed by atoms with Gasteiger partial charge < -0.3 is 14.3 Å². The number of esters is 1. The highest BCUT2D eigenvalue weighted by Gasteiger charge is 2.28. The van der Waals surface area contributed by atoms with Crippen LogP contribution in [0.2, 0.25) is 0 Å². The molecule has 0 radical (unpaired) electrons. The van der Waals surface area contributed by atoms with Crippen LogP contribution in [-0.2, 0) is 14.8 Å². The average Bonchev–Trinajstić information content (AvgIpc) is 3.21. The minimum absolute atomic E-state index is 0.0339. The summed E-state index contributed by atoms with van der Waals surface area (Å²) in [5.41, 5.74) is 4.33. The molecule has 0 aliphatic rings. The van der Waals surface area contributed by atoms with Crippen molar-refractivity contribution in [3.05, 3.63) is 83.1 Å². The van der Waals surface area contributed by atoms with Gasteiger partial charge in [-0.05, 0) is 79.3 Å². The highest BCUT2D eigenvalue weighted by molar-refractivity contribution is 7.89. The molecule has 0 saturated carbocycles. The van der Waals surface area contributed by atoms with Crippen LogP contribution in [0.25, 0.3) is 22.1 Å². The van der Waals surface area contributed by atoms with Gasteiger partial charge in [0.1, 0.15) is 17.4 Å². The number of hydrogen-bond donors (Lipinski definition) is 2. The van der Waals surface area contributed by atoms with E-state index in [9.17, 15) is 23.1 Å². The molecule has 0 saturated heterocycles. The van der Waals surface area contributed by atoms with Crippen LogP contribution in [-0.4, -0.2) is 31.5 Å². The van der Waals surface area contributed by atoms with Gasteiger partial charge in [0.15, 0.2) is 0 Å². The van der Waals surface area contributed by atoms with E-state index in [0.717, 1.165) is 27.6 Å². The molecule has 198 valence electrons. The zero-order valence-corrected chi connectivity index (χ0v) is 22.5. The summed E-state index contributed by atoms with van der Waals surface area (Å²) in [6.45, 7) is 8.73. The van der Waals surface area contributed by atoms with E-state index in [1.807, 2.05) is 51.1 Å². The van der Waals surface area contributed by atoms with Crippen LogP contribution in [0, 0.1) is 26.7 Å². The summed E-state index contributed by atoms with van der Waals surface area (Å²) in [6.07, 6.45) is 0. The number of sulfonamides is 1. The highest BCUT2D eigenvalue weighted by Crippen LogP contribution is 2.32. The number of rotatable bonds is 8. The van der Waals surface area contributed by atoms with Crippen molar-refractivity contribution in [2.45, 2.75) is 45.6 Å². The molecule has 4 aromatic rings. The van der Waals surface area contributed by atoms with E-state index in [4.69, 9.17) is 9.15 Å². The number of para-hydroxylation sites is 1. The molecule has 0 aliphatic carbocycles. The van der Waals surface area contributed by atoms with E-state index >= 15 is 0 Å². The van der Waals surface area contributed by atoms with Crippen molar-refractivity contribution in [2.75, 3.05) is 0 Å². The van der Waals surface area contributed by atoms with Crippen LogP contribution in [0.5, 0.6) is 5.75 Å². The van der Waals surface area contributed by atoms with Gasteiger partial charge in [0.05, 0.1) is 4.90 Å². The number of carboxylic acid groups (broad SMARTS) is 1. The number of furan rings is 1. The topological polar surface area (TPSA) is 123 Å². The molecule has 2 N–H and O–H groups in total. The number of ether oxygens (including phenoxy) is 1. The summed E-state index contributed by atoms with van der Waals surface area (Å²) in [4.78, 5) is 24.3. The zero-order valence-electron chi connectivity index (χ0n) is 21.7. The van der Waals surface area contributed by atoms with Gasteiger partial charge in [-0.1, -0.05) is 44.2 Å². The SMILES string of the molecule is Cc1cc(-c2ccc(S(=O)(=O)N[C@@H](C(=O)O)C(C)C)cc2)cc(C)c1OC(=O)c1oc2ccccc2c1C. The molecule has 0 aliphatic heterocycles. The van der Waals surface area contributed by atoms with Crippen molar-refractivity contribution in [1.82, 2.24) is 4.72 Å². The summed E-state index contributed by atoms with van der Waals surface area (Å²) in [7, 11) is -4.02. The van der Waals surface area contributed by atoms with Gasteiger partial charge >= 0.3 is 11.9 Å². The van der Waals surface area contributed by atoms with E-state index in [-0.39, 0.29) is 10.7 Å². The molecule has 0 spiro atoms. The van der Waals surface area contributed by atoms with E-state index < -0.39 is 33.9 Å². The number of fused-ring (bicyclic) bond motifs is 1. The van der Waals surface area contributed by atoms with Gasteiger partial charge in [0.25, 0.3) is 0 Å². The Morgan fingerprint density at radius 3 is 2.08 bits per heavy atom. The molecule has 0 bridgehead atoms. The maximum absolute atomic E-state index is 12.9. The van der Waals surface area contributed by atoms with Crippen LogP contribution >= 0.6 is 0 Å². The maximum atomic E-state index is 12.9. The molecule has 38 heavy (non-hydrogen) atoms. The first-order chi connectivity index (χ1) is 17.9. The smallest absolute Gasteiger partial charge is 0.379 e. The van der Waals surface area contributed by atoms with Crippen molar-refractivity contribution in [3.63, 3.8) is 0 Å². The third-order valence-electron chi connectivity index (χ3n) is 6.40. The number of benzene rings is 3. The Bertz CT molecular complexity index is 1610. The Labute approximate surface area is 221 Å². The molecule has 0 unspecified atom stereocenters. The largest absolute Gasteiger partial charge is 0.480 e. The minimum Gasteiger partial charge on any atom is -0.480 e. The molecule has 1 aromatic heterocycles. The predicted molar refractivity (Wildman–Crippen MR) is 144 cm³/mol. The standard InChI is InChI=1S/C29H29NO7S/c1-16(2)25(28(31)32)30-38(34,35)22-12-10-20(11-13-22)21-14-17(3)26(18(4)15-21)37-29(33)27-19(5)23-8-6-7-9-24(23)36-27/h6-16,25,30H,1-5H3,(H,31,32)/t25-/m1/s1. The molecule has 3 aromatic carbocycles. The van der Waals surface area contributed by atoms with Crippen molar-refractivity contribution >= 4 is 32.9 Å². The lowest BCUT2D eigenvalue weighted by atomic mass is 10.00. The number of carboxylic acids is 1. The van der Waals surface area contributed by atoms with Crippen molar-refractivity contribution < 1.29 is 32.3 Å². The van der Waals surface area contributed by atoms with E-state index in [2.05, 4.69) is 4.72 Å². The monoisotopic (exact) mass is 535 g/mol. The van der Waals surface area contributed by atoms with Gasteiger partial charge in [0.2, 0.25) is 15.8 Å².